The first-order valence-corrected chi connectivity index (χ1v) is 7.24. The molecular weight excluding hydrogens is 268 g/mol. The minimum atomic E-state index is 0.00577. The van der Waals surface area contributed by atoms with E-state index in [4.69, 9.17) is 5.73 Å². The number of aromatic nitrogens is 1. The van der Waals surface area contributed by atoms with Gasteiger partial charge in [-0.1, -0.05) is 13.8 Å². The molecular formula is C15H22N4O2. The van der Waals surface area contributed by atoms with Crippen LogP contribution in [-0.4, -0.2) is 52.8 Å². The average Bonchev–Trinajstić information content (AvgIpc) is 2.49. The first kappa shape index (κ1) is 15.3. The number of amides is 2. The zero-order chi connectivity index (χ0) is 15.4. The molecule has 2 N–H and O–H groups in total. The normalized spacial score (nSPS) is 15.4. The average molecular weight is 290 g/mol. The topological polar surface area (TPSA) is 79.5 Å². The summed E-state index contributed by atoms with van der Waals surface area (Å²) in [5.74, 6) is 0.206. The predicted octanol–water partition coefficient (Wildman–Crippen LogP) is 0.533. The molecule has 1 aromatic heterocycles. The lowest BCUT2D eigenvalue weighted by Gasteiger charge is -2.35. The van der Waals surface area contributed by atoms with Crippen LogP contribution in [0, 0.1) is 5.92 Å². The van der Waals surface area contributed by atoms with Crippen LogP contribution in [0.2, 0.25) is 0 Å². The smallest absolute Gasteiger partial charge is 0.228 e. The van der Waals surface area contributed by atoms with Gasteiger partial charge in [-0.05, 0) is 12.1 Å². The molecule has 1 aromatic rings. The second kappa shape index (κ2) is 6.56. The molecule has 0 unspecified atom stereocenters. The Bertz CT molecular complexity index is 505. The van der Waals surface area contributed by atoms with Gasteiger partial charge in [0, 0.05) is 37.8 Å². The number of hydrogen-bond donors (Lipinski definition) is 1. The molecule has 1 saturated heterocycles. The number of carbonyl (C=O) groups is 2. The molecule has 0 saturated carbocycles. The fourth-order valence-electron chi connectivity index (χ4n) is 2.35. The van der Waals surface area contributed by atoms with E-state index in [1.54, 1.807) is 23.2 Å². The molecule has 2 amide bonds. The van der Waals surface area contributed by atoms with E-state index in [1.165, 1.54) is 0 Å². The Morgan fingerprint density at radius 2 is 1.81 bits per heavy atom. The summed E-state index contributed by atoms with van der Waals surface area (Å²) in [5.41, 5.74) is 6.88. The second-order valence-corrected chi connectivity index (χ2v) is 5.62. The van der Waals surface area contributed by atoms with Gasteiger partial charge in [-0.25, -0.2) is 0 Å². The summed E-state index contributed by atoms with van der Waals surface area (Å²) in [6, 6.07) is 3.51. The van der Waals surface area contributed by atoms with Crippen molar-refractivity contribution in [1.82, 2.24) is 14.8 Å². The zero-order valence-corrected chi connectivity index (χ0v) is 12.6. The maximum Gasteiger partial charge on any atom is 0.228 e. The molecule has 0 aliphatic carbocycles. The summed E-state index contributed by atoms with van der Waals surface area (Å²) >= 11 is 0. The first-order chi connectivity index (χ1) is 9.97. The van der Waals surface area contributed by atoms with Crippen LogP contribution in [0.25, 0.3) is 0 Å². The summed E-state index contributed by atoms with van der Waals surface area (Å²) in [4.78, 5) is 31.9. The summed E-state index contributed by atoms with van der Waals surface area (Å²) in [5, 5.41) is 0. The van der Waals surface area contributed by atoms with Crippen LogP contribution in [0.4, 0.5) is 5.69 Å². The molecule has 0 atom stereocenters. The lowest BCUT2D eigenvalue weighted by Crippen LogP contribution is -2.51. The maximum atomic E-state index is 12.2. The monoisotopic (exact) mass is 290 g/mol. The van der Waals surface area contributed by atoms with Crippen molar-refractivity contribution in [3.05, 3.63) is 24.0 Å². The Balaban J connectivity index is 1.86. The molecule has 0 spiro atoms. The van der Waals surface area contributed by atoms with E-state index in [1.807, 2.05) is 18.7 Å². The fourth-order valence-corrected chi connectivity index (χ4v) is 2.35. The van der Waals surface area contributed by atoms with Crippen LogP contribution < -0.4 is 5.73 Å². The quantitative estimate of drug-likeness (QED) is 0.881. The Morgan fingerprint density at radius 1 is 1.19 bits per heavy atom. The van der Waals surface area contributed by atoms with E-state index in [0.717, 1.165) is 5.69 Å². The minimum Gasteiger partial charge on any atom is -0.397 e. The molecule has 1 fully saturated rings. The second-order valence-electron chi connectivity index (χ2n) is 5.62. The van der Waals surface area contributed by atoms with Crippen molar-refractivity contribution in [3.8, 4) is 0 Å². The van der Waals surface area contributed by atoms with Gasteiger partial charge in [0.2, 0.25) is 11.8 Å². The van der Waals surface area contributed by atoms with Gasteiger partial charge in [-0.15, -0.1) is 0 Å². The Morgan fingerprint density at radius 3 is 2.33 bits per heavy atom. The Labute approximate surface area is 124 Å². The zero-order valence-electron chi connectivity index (χ0n) is 12.6. The number of rotatable bonds is 3. The third-order valence-electron chi connectivity index (χ3n) is 3.62. The van der Waals surface area contributed by atoms with Crippen molar-refractivity contribution in [2.45, 2.75) is 20.3 Å². The maximum absolute atomic E-state index is 12.2. The van der Waals surface area contributed by atoms with Gasteiger partial charge < -0.3 is 15.5 Å². The molecule has 21 heavy (non-hydrogen) atoms. The highest BCUT2D eigenvalue weighted by Gasteiger charge is 2.25. The largest absolute Gasteiger partial charge is 0.397 e. The van der Waals surface area contributed by atoms with Crippen molar-refractivity contribution < 1.29 is 9.59 Å². The van der Waals surface area contributed by atoms with E-state index < -0.39 is 0 Å². The van der Waals surface area contributed by atoms with E-state index in [9.17, 15) is 9.59 Å². The number of anilines is 1. The van der Waals surface area contributed by atoms with Crippen LogP contribution in [0.5, 0.6) is 0 Å². The van der Waals surface area contributed by atoms with Gasteiger partial charge in [0.25, 0.3) is 0 Å². The van der Waals surface area contributed by atoms with E-state index in [-0.39, 0.29) is 24.2 Å². The molecule has 2 rings (SSSR count). The van der Waals surface area contributed by atoms with E-state index in [2.05, 4.69) is 4.98 Å². The number of carbonyl (C=O) groups excluding carboxylic acids is 2. The minimum absolute atomic E-state index is 0.00577. The van der Waals surface area contributed by atoms with Gasteiger partial charge in [0.15, 0.2) is 0 Å². The summed E-state index contributed by atoms with van der Waals surface area (Å²) in [6.45, 7) is 6.19. The van der Waals surface area contributed by atoms with Gasteiger partial charge in [-0.3, -0.25) is 14.6 Å². The standard InChI is InChI=1S/C15H22N4O2/c1-11(2)15(21)19-7-5-18(6-8-19)14(20)9-13-4-3-12(16)10-17-13/h3-4,10-11H,5-9,16H2,1-2H3. The molecule has 0 radical (unpaired) electrons. The predicted molar refractivity (Wildman–Crippen MR) is 80.4 cm³/mol. The van der Waals surface area contributed by atoms with Crippen LogP contribution >= 0.6 is 0 Å². The molecule has 2 heterocycles. The van der Waals surface area contributed by atoms with Crippen molar-refractivity contribution in [2.24, 2.45) is 5.92 Å². The number of nitrogens with zero attached hydrogens (tertiary/aromatic N) is 3. The summed E-state index contributed by atoms with van der Waals surface area (Å²) < 4.78 is 0. The third kappa shape index (κ3) is 3.93. The SMILES string of the molecule is CC(C)C(=O)N1CCN(C(=O)Cc2ccc(N)cn2)CC1. The van der Waals surface area contributed by atoms with Crippen molar-refractivity contribution >= 4 is 17.5 Å². The Hall–Kier alpha value is -2.11. The van der Waals surface area contributed by atoms with Gasteiger partial charge >= 0.3 is 0 Å². The van der Waals surface area contributed by atoms with Gasteiger partial charge in [0.1, 0.15) is 0 Å². The summed E-state index contributed by atoms with van der Waals surface area (Å²) in [6.07, 6.45) is 1.83. The summed E-state index contributed by atoms with van der Waals surface area (Å²) in [7, 11) is 0. The molecule has 0 bridgehead atoms. The van der Waals surface area contributed by atoms with Crippen molar-refractivity contribution in [3.63, 3.8) is 0 Å². The highest BCUT2D eigenvalue weighted by Crippen LogP contribution is 2.09. The lowest BCUT2D eigenvalue weighted by molar-refractivity contribution is -0.141. The molecule has 6 nitrogen and oxygen atoms in total. The van der Waals surface area contributed by atoms with Gasteiger partial charge in [-0.2, -0.15) is 0 Å². The Kier molecular flexibility index (Phi) is 4.77. The van der Waals surface area contributed by atoms with Crippen LogP contribution in [0.1, 0.15) is 19.5 Å². The number of nitrogens with two attached hydrogens (primary N) is 1. The molecule has 114 valence electrons. The van der Waals surface area contributed by atoms with Crippen molar-refractivity contribution in [2.75, 3.05) is 31.9 Å². The molecule has 6 heteroatoms. The van der Waals surface area contributed by atoms with Crippen molar-refractivity contribution in [1.29, 1.82) is 0 Å². The number of piperazine rings is 1. The van der Waals surface area contributed by atoms with Crippen LogP contribution in [0.3, 0.4) is 0 Å². The highest BCUT2D eigenvalue weighted by molar-refractivity contribution is 5.80. The highest BCUT2D eigenvalue weighted by atomic mass is 16.2. The van der Waals surface area contributed by atoms with E-state index >= 15 is 0 Å². The third-order valence-corrected chi connectivity index (χ3v) is 3.62. The van der Waals surface area contributed by atoms with E-state index in [0.29, 0.717) is 31.9 Å². The molecule has 1 aliphatic heterocycles. The number of hydrogen-bond acceptors (Lipinski definition) is 4. The van der Waals surface area contributed by atoms with Gasteiger partial charge in [0.05, 0.1) is 18.3 Å². The molecule has 0 aromatic carbocycles. The fraction of sp³-hybridized carbons (Fsp3) is 0.533. The van der Waals surface area contributed by atoms with Crippen LogP contribution in [-0.2, 0) is 16.0 Å². The first-order valence-electron chi connectivity index (χ1n) is 7.24. The number of pyridine rings is 1. The lowest BCUT2D eigenvalue weighted by atomic mass is 10.1. The number of nitrogen functional groups attached to an aromatic ring is 1. The van der Waals surface area contributed by atoms with Crippen LogP contribution in [0.15, 0.2) is 18.3 Å². The molecule has 1 aliphatic rings.